The van der Waals surface area contributed by atoms with Gasteiger partial charge in [0.2, 0.25) is 5.91 Å². The Kier molecular flexibility index (Phi) is 4.70. The van der Waals surface area contributed by atoms with Crippen molar-refractivity contribution in [2.75, 3.05) is 29.9 Å². The van der Waals surface area contributed by atoms with E-state index in [1.165, 1.54) is 19.3 Å². The van der Waals surface area contributed by atoms with Crippen molar-refractivity contribution in [2.45, 2.75) is 44.6 Å². The number of hydrogen-bond donors (Lipinski definition) is 2. The van der Waals surface area contributed by atoms with Crippen LogP contribution in [0.2, 0.25) is 0 Å². The molecular weight excluding hydrogens is 264 g/mol. The fourth-order valence-corrected chi connectivity index (χ4v) is 3.08. The Labute approximate surface area is 126 Å². The van der Waals surface area contributed by atoms with Crippen molar-refractivity contribution in [1.29, 1.82) is 0 Å². The van der Waals surface area contributed by atoms with E-state index in [0.717, 1.165) is 50.4 Å². The van der Waals surface area contributed by atoms with Gasteiger partial charge in [-0.2, -0.15) is 0 Å². The molecule has 1 amide bonds. The van der Waals surface area contributed by atoms with Crippen molar-refractivity contribution in [2.24, 2.45) is 0 Å². The number of amides is 1. The number of carbonyl (C=O) groups excluding carboxylic acids is 1. The number of rotatable bonds is 3. The van der Waals surface area contributed by atoms with E-state index >= 15 is 0 Å². The normalized spacial score (nSPS) is 22.9. The Morgan fingerprint density at radius 1 is 1.19 bits per heavy atom. The van der Waals surface area contributed by atoms with E-state index < -0.39 is 0 Å². The van der Waals surface area contributed by atoms with Crippen LogP contribution in [0.15, 0.2) is 18.3 Å². The Bertz CT molecular complexity index is 460. The summed E-state index contributed by atoms with van der Waals surface area (Å²) in [5.41, 5.74) is 0.786. The number of carbonyl (C=O) groups is 1. The molecule has 2 saturated heterocycles. The highest BCUT2D eigenvalue weighted by Gasteiger charge is 2.19. The van der Waals surface area contributed by atoms with Crippen molar-refractivity contribution in [1.82, 2.24) is 10.3 Å². The smallest absolute Gasteiger partial charge is 0.241 e. The van der Waals surface area contributed by atoms with Crippen LogP contribution in [0, 0.1) is 0 Å². The summed E-state index contributed by atoms with van der Waals surface area (Å²) in [5, 5.41) is 6.29. The van der Waals surface area contributed by atoms with E-state index in [9.17, 15) is 4.79 Å². The molecule has 2 fully saturated rings. The maximum absolute atomic E-state index is 12.2. The SMILES string of the molecule is O=C(Nc1ccc(N2CCCC2)nc1)C1CCCCCN1. The number of aromatic nitrogens is 1. The van der Waals surface area contributed by atoms with Crippen LogP contribution in [-0.4, -0.2) is 36.6 Å². The van der Waals surface area contributed by atoms with E-state index in [1.807, 2.05) is 12.1 Å². The summed E-state index contributed by atoms with van der Waals surface area (Å²) >= 11 is 0. The Balaban J connectivity index is 1.57. The highest BCUT2D eigenvalue weighted by molar-refractivity contribution is 5.94. The van der Waals surface area contributed by atoms with E-state index in [4.69, 9.17) is 0 Å². The minimum atomic E-state index is -0.0641. The number of hydrogen-bond acceptors (Lipinski definition) is 4. The molecule has 1 aromatic heterocycles. The first-order valence-corrected chi connectivity index (χ1v) is 8.08. The van der Waals surface area contributed by atoms with Gasteiger partial charge in [0.1, 0.15) is 5.82 Å². The third kappa shape index (κ3) is 3.73. The van der Waals surface area contributed by atoms with Gasteiger partial charge in [0.25, 0.3) is 0 Å². The monoisotopic (exact) mass is 288 g/mol. The molecule has 0 spiro atoms. The molecule has 0 aromatic carbocycles. The van der Waals surface area contributed by atoms with Crippen molar-refractivity contribution in [3.63, 3.8) is 0 Å². The van der Waals surface area contributed by atoms with Crippen molar-refractivity contribution < 1.29 is 4.79 Å². The molecular formula is C16H24N4O. The molecule has 3 heterocycles. The molecule has 0 radical (unpaired) electrons. The van der Waals surface area contributed by atoms with E-state index in [0.29, 0.717) is 0 Å². The molecule has 5 nitrogen and oxygen atoms in total. The molecule has 2 aliphatic heterocycles. The van der Waals surface area contributed by atoms with Crippen molar-refractivity contribution >= 4 is 17.4 Å². The summed E-state index contributed by atoms with van der Waals surface area (Å²) in [6.45, 7) is 3.11. The quantitative estimate of drug-likeness (QED) is 0.895. The van der Waals surface area contributed by atoms with Crippen LogP contribution < -0.4 is 15.5 Å². The third-order valence-corrected chi connectivity index (χ3v) is 4.32. The van der Waals surface area contributed by atoms with Crippen LogP contribution in [-0.2, 0) is 4.79 Å². The summed E-state index contributed by atoms with van der Waals surface area (Å²) in [7, 11) is 0. The fourth-order valence-electron chi connectivity index (χ4n) is 3.08. The molecule has 3 rings (SSSR count). The second kappa shape index (κ2) is 6.89. The fraction of sp³-hybridized carbons (Fsp3) is 0.625. The molecule has 1 atom stereocenters. The zero-order valence-electron chi connectivity index (χ0n) is 12.5. The van der Waals surface area contributed by atoms with Gasteiger partial charge in [0.15, 0.2) is 0 Å². The van der Waals surface area contributed by atoms with Crippen molar-refractivity contribution in [3.05, 3.63) is 18.3 Å². The minimum absolute atomic E-state index is 0.0626. The maximum Gasteiger partial charge on any atom is 0.241 e. The van der Waals surface area contributed by atoms with Crippen LogP contribution >= 0.6 is 0 Å². The molecule has 1 aromatic rings. The van der Waals surface area contributed by atoms with Crippen LogP contribution in [0.3, 0.4) is 0 Å². The van der Waals surface area contributed by atoms with Gasteiger partial charge in [-0.3, -0.25) is 4.79 Å². The second-order valence-electron chi connectivity index (χ2n) is 5.94. The first kappa shape index (κ1) is 14.3. The lowest BCUT2D eigenvalue weighted by Gasteiger charge is -2.18. The zero-order chi connectivity index (χ0) is 14.5. The molecule has 2 N–H and O–H groups in total. The van der Waals surface area contributed by atoms with Crippen LogP contribution in [0.5, 0.6) is 0 Å². The first-order valence-electron chi connectivity index (χ1n) is 8.08. The lowest BCUT2D eigenvalue weighted by molar-refractivity contribution is -0.118. The van der Waals surface area contributed by atoms with Gasteiger partial charge in [-0.25, -0.2) is 4.98 Å². The summed E-state index contributed by atoms with van der Waals surface area (Å²) in [5.74, 6) is 1.07. The summed E-state index contributed by atoms with van der Waals surface area (Å²) in [6, 6.07) is 3.89. The molecule has 2 aliphatic rings. The van der Waals surface area contributed by atoms with Crippen molar-refractivity contribution in [3.8, 4) is 0 Å². The maximum atomic E-state index is 12.2. The number of pyridine rings is 1. The van der Waals surface area contributed by atoms with Crippen LogP contribution in [0.1, 0.15) is 38.5 Å². The predicted molar refractivity (Wildman–Crippen MR) is 84.6 cm³/mol. The summed E-state index contributed by atoms with van der Waals surface area (Å²) < 4.78 is 0. The Hall–Kier alpha value is -1.62. The van der Waals surface area contributed by atoms with Gasteiger partial charge in [0, 0.05) is 13.1 Å². The Morgan fingerprint density at radius 2 is 2.05 bits per heavy atom. The van der Waals surface area contributed by atoms with Gasteiger partial charge in [-0.1, -0.05) is 12.8 Å². The van der Waals surface area contributed by atoms with E-state index in [1.54, 1.807) is 6.20 Å². The third-order valence-electron chi connectivity index (χ3n) is 4.32. The van der Waals surface area contributed by atoms with E-state index in [-0.39, 0.29) is 11.9 Å². The van der Waals surface area contributed by atoms with Gasteiger partial charge >= 0.3 is 0 Å². The molecule has 0 saturated carbocycles. The lowest BCUT2D eigenvalue weighted by atomic mass is 10.1. The van der Waals surface area contributed by atoms with Gasteiger partial charge < -0.3 is 15.5 Å². The number of nitrogens with one attached hydrogen (secondary N) is 2. The lowest BCUT2D eigenvalue weighted by Crippen LogP contribution is -2.39. The molecule has 0 bridgehead atoms. The number of anilines is 2. The predicted octanol–water partition coefficient (Wildman–Crippen LogP) is 2.15. The average molecular weight is 288 g/mol. The topological polar surface area (TPSA) is 57.3 Å². The second-order valence-corrected chi connectivity index (χ2v) is 5.94. The van der Waals surface area contributed by atoms with Gasteiger partial charge in [-0.05, 0) is 44.4 Å². The minimum Gasteiger partial charge on any atom is -0.357 e. The summed E-state index contributed by atoms with van der Waals surface area (Å²) in [4.78, 5) is 19.0. The van der Waals surface area contributed by atoms with Crippen LogP contribution in [0.4, 0.5) is 11.5 Å². The van der Waals surface area contributed by atoms with Crippen LogP contribution in [0.25, 0.3) is 0 Å². The molecule has 5 heteroatoms. The largest absolute Gasteiger partial charge is 0.357 e. The molecule has 21 heavy (non-hydrogen) atoms. The first-order chi connectivity index (χ1) is 10.3. The zero-order valence-corrected chi connectivity index (χ0v) is 12.5. The molecule has 1 unspecified atom stereocenters. The highest BCUT2D eigenvalue weighted by Crippen LogP contribution is 2.19. The standard InChI is InChI=1S/C16H24N4O/c21-16(14-6-2-1-3-9-17-14)19-13-7-8-15(18-12-13)20-10-4-5-11-20/h7-8,12,14,17H,1-6,9-11H2,(H,19,21). The molecule has 0 aliphatic carbocycles. The van der Waals surface area contributed by atoms with Gasteiger partial charge in [-0.15, -0.1) is 0 Å². The van der Waals surface area contributed by atoms with E-state index in [2.05, 4.69) is 20.5 Å². The molecule has 114 valence electrons. The Morgan fingerprint density at radius 3 is 2.81 bits per heavy atom. The van der Waals surface area contributed by atoms with Gasteiger partial charge in [0.05, 0.1) is 17.9 Å². The average Bonchev–Trinajstić information content (AvgIpc) is 2.90. The highest BCUT2D eigenvalue weighted by atomic mass is 16.2. The summed E-state index contributed by atoms with van der Waals surface area (Å²) in [6.07, 6.45) is 8.67. The number of nitrogens with zero attached hydrogens (tertiary/aromatic N) is 2.